The molecule has 0 spiro atoms. The molecule has 1 amide bonds. The maximum atomic E-state index is 12.3. The summed E-state index contributed by atoms with van der Waals surface area (Å²) in [6.07, 6.45) is -0.582. The Balaban J connectivity index is 1.95. The quantitative estimate of drug-likeness (QED) is 0.837. The van der Waals surface area contributed by atoms with Gasteiger partial charge in [-0.1, -0.05) is 23.8 Å². The Bertz CT molecular complexity index is 742. The summed E-state index contributed by atoms with van der Waals surface area (Å²) in [6, 6.07) is 11.4. The highest BCUT2D eigenvalue weighted by molar-refractivity contribution is 5.80. The van der Waals surface area contributed by atoms with Crippen molar-refractivity contribution in [2.45, 2.75) is 33.4 Å². The van der Waals surface area contributed by atoms with Crippen molar-refractivity contribution in [2.75, 3.05) is 14.2 Å². The van der Waals surface area contributed by atoms with Crippen LogP contribution in [-0.4, -0.2) is 26.2 Å². The predicted molar refractivity (Wildman–Crippen MR) is 97.4 cm³/mol. The molecule has 0 aromatic heterocycles. The number of hydrogen-bond donors (Lipinski definition) is 1. The van der Waals surface area contributed by atoms with Crippen LogP contribution in [0.5, 0.6) is 17.2 Å². The number of nitrogens with one attached hydrogen (secondary N) is 1. The van der Waals surface area contributed by atoms with E-state index in [1.165, 1.54) is 0 Å². The van der Waals surface area contributed by atoms with Crippen LogP contribution >= 0.6 is 0 Å². The van der Waals surface area contributed by atoms with Crippen molar-refractivity contribution in [3.05, 3.63) is 53.1 Å². The third-order valence-electron chi connectivity index (χ3n) is 3.92. The average Bonchev–Trinajstić information content (AvgIpc) is 2.61. The first kappa shape index (κ1) is 18.6. The molecule has 2 aromatic carbocycles. The molecule has 0 heterocycles. The molecule has 0 bridgehead atoms. The second-order valence-corrected chi connectivity index (χ2v) is 5.94. The van der Waals surface area contributed by atoms with Crippen LogP contribution in [0.25, 0.3) is 0 Å². The molecule has 5 heteroatoms. The molecule has 5 nitrogen and oxygen atoms in total. The number of ether oxygens (including phenoxy) is 3. The zero-order valence-corrected chi connectivity index (χ0v) is 15.4. The summed E-state index contributed by atoms with van der Waals surface area (Å²) in [7, 11) is 3.17. The largest absolute Gasteiger partial charge is 0.493 e. The van der Waals surface area contributed by atoms with Gasteiger partial charge < -0.3 is 19.5 Å². The fraction of sp³-hybridized carbons (Fsp3) is 0.350. The van der Waals surface area contributed by atoms with Gasteiger partial charge in [-0.25, -0.2) is 0 Å². The van der Waals surface area contributed by atoms with Crippen molar-refractivity contribution in [3.8, 4) is 17.2 Å². The van der Waals surface area contributed by atoms with Crippen LogP contribution in [0.4, 0.5) is 0 Å². The third-order valence-corrected chi connectivity index (χ3v) is 3.92. The summed E-state index contributed by atoms with van der Waals surface area (Å²) in [5.41, 5.74) is 3.10. The van der Waals surface area contributed by atoms with Gasteiger partial charge in [0.2, 0.25) is 0 Å². The Morgan fingerprint density at radius 3 is 2.32 bits per heavy atom. The number of benzene rings is 2. The van der Waals surface area contributed by atoms with Crippen molar-refractivity contribution in [3.63, 3.8) is 0 Å². The van der Waals surface area contributed by atoms with Crippen LogP contribution in [0.15, 0.2) is 36.4 Å². The minimum atomic E-state index is -0.582. The van der Waals surface area contributed by atoms with Gasteiger partial charge in [0.05, 0.1) is 14.2 Å². The Hall–Kier alpha value is -2.69. The first-order valence-corrected chi connectivity index (χ1v) is 8.17. The number of carbonyl (C=O) groups excluding carboxylic acids is 1. The molecule has 1 atom stereocenters. The molecule has 0 saturated heterocycles. The van der Waals surface area contributed by atoms with Gasteiger partial charge in [0.15, 0.2) is 17.6 Å². The Kier molecular flexibility index (Phi) is 6.28. The van der Waals surface area contributed by atoms with Crippen molar-refractivity contribution >= 4 is 5.91 Å². The molecule has 1 N–H and O–H groups in total. The van der Waals surface area contributed by atoms with E-state index >= 15 is 0 Å². The van der Waals surface area contributed by atoms with Gasteiger partial charge in [-0.2, -0.15) is 0 Å². The van der Waals surface area contributed by atoms with Gasteiger partial charge in [-0.05, 0) is 50.1 Å². The second kappa shape index (κ2) is 8.42. The molecule has 134 valence electrons. The average molecular weight is 343 g/mol. The Morgan fingerprint density at radius 1 is 1.00 bits per heavy atom. The van der Waals surface area contributed by atoms with E-state index in [1.807, 2.05) is 50.2 Å². The van der Waals surface area contributed by atoms with Gasteiger partial charge in [0, 0.05) is 6.54 Å². The van der Waals surface area contributed by atoms with E-state index in [1.54, 1.807) is 21.1 Å². The van der Waals surface area contributed by atoms with Gasteiger partial charge in [0.25, 0.3) is 5.91 Å². The van der Waals surface area contributed by atoms with E-state index in [-0.39, 0.29) is 5.91 Å². The lowest BCUT2D eigenvalue weighted by molar-refractivity contribution is -0.127. The highest BCUT2D eigenvalue weighted by atomic mass is 16.5. The van der Waals surface area contributed by atoms with Crippen LogP contribution in [0.3, 0.4) is 0 Å². The van der Waals surface area contributed by atoms with Crippen LogP contribution in [0.2, 0.25) is 0 Å². The number of amides is 1. The summed E-state index contributed by atoms with van der Waals surface area (Å²) >= 11 is 0. The highest BCUT2D eigenvalue weighted by Crippen LogP contribution is 2.27. The maximum Gasteiger partial charge on any atom is 0.261 e. The zero-order valence-electron chi connectivity index (χ0n) is 15.4. The van der Waals surface area contributed by atoms with Crippen molar-refractivity contribution in [1.82, 2.24) is 5.32 Å². The monoisotopic (exact) mass is 343 g/mol. The van der Waals surface area contributed by atoms with Crippen molar-refractivity contribution < 1.29 is 19.0 Å². The third kappa shape index (κ3) is 4.89. The SMILES string of the molecule is COc1ccc(CNC(=O)[C@@H](C)Oc2ccc(C)cc2C)cc1OC. The van der Waals surface area contributed by atoms with E-state index in [9.17, 15) is 4.79 Å². The molecule has 0 saturated carbocycles. The molecule has 25 heavy (non-hydrogen) atoms. The Labute approximate surface area is 148 Å². The molecule has 2 aromatic rings. The number of carbonyl (C=O) groups is 1. The van der Waals surface area contributed by atoms with Crippen LogP contribution < -0.4 is 19.5 Å². The van der Waals surface area contributed by atoms with Crippen molar-refractivity contribution in [1.29, 1.82) is 0 Å². The second-order valence-electron chi connectivity index (χ2n) is 5.94. The number of aryl methyl sites for hydroxylation is 2. The zero-order chi connectivity index (χ0) is 18.4. The highest BCUT2D eigenvalue weighted by Gasteiger charge is 2.15. The van der Waals surface area contributed by atoms with Gasteiger partial charge in [0.1, 0.15) is 5.75 Å². The summed E-state index contributed by atoms with van der Waals surface area (Å²) in [6.45, 7) is 6.12. The molecule has 2 rings (SSSR count). The van der Waals surface area contributed by atoms with E-state index in [4.69, 9.17) is 14.2 Å². The molecule has 0 aliphatic rings. The smallest absolute Gasteiger partial charge is 0.261 e. The lowest BCUT2D eigenvalue weighted by atomic mass is 10.1. The minimum Gasteiger partial charge on any atom is -0.493 e. The number of rotatable bonds is 7. The molecule has 0 aliphatic carbocycles. The van der Waals surface area contributed by atoms with Crippen LogP contribution in [-0.2, 0) is 11.3 Å². The van der Waals surface area contributed by atoms with Gasteiger partial charge in [-0.15, -0.1) is 0 Å². The molecule has 0 fully saturated rings. The molecule has 0 unspecified atom stereocenters. The topological polar surface area (TPSA) is 56.8 Å². The van der Waals surface area contributed by atoms with E-state index < -0.39 is 6.10 Å². The number of hydrogen-bond acceptors (Lipinski definition) is 4. The number of methoxy groups -OCH3 is 2. The van der Waals surface area contributed by atoms with E-state index in [0.717, 1.165) is 22.4 Å². The van der Waals surface area contributed by atoms with E-state index in [0.29, 0.717) is 18.0 Å². The lowest BCUT2D eigenvalue weighted by Gasteiger charge is -2.17. The standard InChI is InChI=1S/C20H25NO4/c1-13-6-8-17(14(2)10-13)25-15(3)20(22)21-12-16-7-9-18(23-4)19(11-16)24-5/h6-11,15H,12H2,1-5H3,(H,21,22)/t15-/m1/s1. The van der Waals surface area contributed by atoms with Gasteiger partial charge >= 0.3 is 0 Å². The first-order chi connectivity index (χ1) is 11.9. The summed E-state index contributed by atoms with van der Waals surface area (Å²) in [4.78, 5) is 12.3. The molecule has 0 radical (unpaired) electrons. The summed E-state index contributed by atoms with van der Waals surface area (Å²) in [5, 5.41) is 2.88. The Morgan fingerprint density at radius 2 is 1.68 bits per heavy atom. The summed E-state index contributed by atoms with van der Waals surface area (Å²) < 4.78 is 16.3. The first-order valence-electron chi connectivity index (χ1n) is 8.17. The van der Waals surface area contributed by atoms with Gasteiger partial charge in [-0.3, -0.25) is 4.79 Å². The lowest BCUT2D eigenvalue weighted by Crippen LogP contribution is -2.36. The van der Waals surface area contributed by atoms with E-state index in [2.05, 4.69) is 5.32 Å². The normalized spacial score (nSPS) is 11.6. The molecular weight excluding hydrogens is 318 g/mol. The minimum absolute atomic E-state index is 0.172. The molecular formula is C20H25NO4. The van der Waals surface area contributed by atoms with Crippen molar-refractivity contribution in [2.24, 2.45) is 0 Å². The van der Waals surface area contributed by atoms with Crippen LogP contribution in [0.1, 0.15) is 23.6 Å². The fourth-order valence-corrected chi connectivity index (χ4v) is 2.50. The molecule has 0 aliphatic heterocycles. The fourth-order valence-electron chi connectivity index (χ4n) is 2.50. The predicted octanol–water partition coefficient (Wildman–Crippen LogP) is 3.40. The van der Waals surface area contributed by atoms with Crippen LogP contribution in [0, 0.1) is 13.8 Å². The summed E-state index contributed by atoms with van der Waals surface area (Å²) in [5.74, 6) is 1.84. The maximum absolute atomic E-state index is 12.3.